The first-order valence-electron chi connectivity index (χ1n) is 8.61. The number of benzene rings is 1. The van der Waals surface area contributed by atoms with Crippen molar-refractivity contribution in [2.45, 2.75) is 31.8 Å². The first-order chi connectivity index (χ1) is 11.6. The number of nitrogens with one attached hydrogen (secondary N) is 1. The van der Waals surface area contributed by atoms with E-state index in [1.807, 2.05) is 42.7 Å². The van der Waals surface area contributed by atoms with Crippen LogP contribution in [0.3, 0.4) is 0 Å². The molecular weight excluding hydrogens is 322 g/mol. The Hall–Kier alpha value is -1.78. The van der Waals surface area contributed by atoms with Crippen LogP contribution in [0.5, 0.6) is 0 Å². The van der Waals surface area contributed by atoms with Crippen molar-refractivity contribution in [1.29, 1.82) is 0 Å². The van der Waals surface area contributed by atoms with E-state index < -0.39 is 0 Å². The fourth-order valence-corrected chi connectivity index (χ4v) is 4.31. The van der Waals surface area contributed by atoms with Crippen molar-refractivity contribution in [1.82, 2.24) is 14.8 Å². The van der Waals surface area contributed by atoms with Crippen molar-refractivity contribution in [2.24, 2.45) is 5.92 Å². The molecule has 0 unspecified atom stereocenters. The van der Waals surface area contributed by atoms with E-state index in [1.54, 1.807) is 4.57 Å². The lowest BCUT2D eigenvalue weighted by atomic mass is 9.79. The first kappa shape index (κ1) is 15.7. The lowest BCUT2D eigenvalue weighted by Crippen LogP contribution is -2.62. The predicted octanol–water partition coefficient (Wildman–Crippen LogP) is 3.85. The van der Waals surface area contributed by atoms with Gasteiger partial charge < -0.3 is 5.32 Å². The molecule has 3 aliphatic heterocycles. The fourth-order valence-electron chi connectivity index (χ4n) is 4.12. The number of carbonyl (C=O) groups excluding carboxylic acids is 1. The van der Waals surface area contributed by atoms with Crippen LogP contribution in [-0.2, 0) is 0 Å². The number of rotatable bonds is 2. The van der Waals surface area contributed by atoms with Gasteiger partial charge in [-0.25, -0.2) is 4.79 Å². The van der Waals surface area contributed by atoms with E-state index in [0.717, 1.165) is 11.1 Å². The second-order valence-electron chi connectivity index (χ2n) is 6.91. The smallest absolute Gasteiger partial charge is 0.325 e. The Bertz CT molecular complexity index is 747. The highest BCUT2D eigenvalue weighted by molar-refractivity contribution is 6.30. The summed E-state index contributed by atoms with van der Waals surface area (Å²) in [4.78, 5) is 15.1. The molecule has 5 heteroatoms. The molecule has 4 nitrogen and oxygen atoms in total. The summed E-state index contributed by atoms with van der Waals surface area (Å²) in [6.07, 6.45) is 6.06. The van der Waals surface area contributed by atoms with Gasteiger partial charge in [-0.1, -0.05) is 23.7 Å². The molecule has 1 aromatic carbocycles. The third-order valence-electron chi connectivity index (χ3n) is 5.55. The van der Waals surface area contributed by atoms with Gasteiger partial charge in [0.25, 0.3) is 0 Å². The van der Waals surface area contributed by atoms with E-state index in [2.05, 4.69) is 17.1 Å². The highest BCUT2D eigenvalue weighted by Crippen LogP contribution is 2.32. The van der Waals surface area contributed by atoms with E-state index in [-0.39, 0.29) is 12.1 Å². The molecule has 3 fully saturated rings. The molecule has 2 bridgehead atoms. The maximum atomic E-state index is 12.7. The standard InChI is InChI=1S/C19H22ClN3O/c1-13-18(14-5-8-22(13)9-6-14)21-19(24)23-10-7-16(12-23)15-3-2-4-17(20)11-15/h2-4,7,10-14,18H,5-6,8-9H2,1H3,(H,21,24)/t13-,18-/m0/s1. The van der Waals surface area contributed by atoms with Crippen LogP contribution >= 0.6 is 11.6 Å². The van der Waals surface area contributed by atoms with Crippen LogP contribution < -0.4 is 5.32 Å². The van der Waals surface area contributed by atoms with Crippen LogP contribution in [0.4, 0.5) is 4.79 Å². The molecule has 0 aliphatic carbocycles. The van der Waals surface area contributed by atoms with Gasteiger partial charge in [0.05, 0.1) is 0 Å². The fraction of sp³-hybridized carbons (Fsp3) is 0.421. The van der Waals surface area contributed by atoms with Gasteiger partial charge in [0.2, 0.25) is 0 Å². The molecule has 3 saturated heterocycles. The molecule has 5 rings (SSSR count). The molecule has 3 aliphatic rings. The zero-order valence-electron chi connectivity index (χ0n) is 13.8. The number of halogens is 1. The minimum Gasteiger partial charge on any atom is -0.333 e. The van der Waals surface area contributed by atoms with Crippen molar-refractivity contribution in [2.75, 3.05) is 13.1 Å². The van der Waals surface area contributed by atoms with Crippen LogP contribution in [0.1, 0.15) is 19.8 Å². The van der Waals surface area contributed by atoms with Crippen LogP contribution in [-0.4, -0.2) is 40.7 Å². The Morgan fingerprint density at radius 3 is 2.71 bits per heavy atom. The maximum absolute atomic E-state index is 12.7. The summed E-state index contributed by atoms with van der Waals surface area (Å²) < 4.78 is 1.64. The molecule has 1 N–H and O–H groups in total. The van der Waals surface area contributed by atoms with E-state index in [9.17, 15) is 4.79 Å². The second-order valence-corrected chi connectivity index (χ2v) is 7.34. The summed E-state index contributed by atoms with van der Waals surface area (Å²) in [6.45, 7) is 4.56. The SMILES string of the molecule is C[C@H]1[C@H](NC(=O)n2ccc(-c3cccc(Cl)c3)c2)C2CCN1CC2. The van der Waals surface area contributed by atoms with E-state index in [4.69, 9.17) is 11.6 Å². The number of hydrogen-bond donors (Lipinski definition) is 1. The van der Waals surface area contributed by atoms with Gasteiger partial charge in [-0.2, -0.15) is 0 Å². The third kappa shape index (κ3) is 2.85. The Morgan fingerprint density at radius 1 is 1.21 bits per heavy atom. The number of nitrogens with zero attached hydrogens (tertiary/aromatic N) is 2. The molecular formula is C19H22ClN3O. The molecule has 0 saturated carbocycles. The van der Waals surface area contributed by atoms with E-state index in [1.165, 1.54) is 25.9 Å². The quantitative estimate of drug-likeness (QED) is 0.899. The highest BCUT2D eigenvalue weighted by Gasteiger charge is 2.40. The lowest BCUT2D eigenvalue weighted by Gasteiger charge is -2.49. The molecule has 2 atom stereocenters. The third-order valence-corrected chi connectivity index (χ3v) is 5.79. The molecule has 126 valence electrons. The Kier molecular flexibility index (Phi) is 4.10. The average Bonchev–Trinajstić information content (AvgIpc) is 3.09. The second kappa shape index (κ2) is 6.26. The van der Waals surface area contributed by atoms with Crippen LogP contribution in [0.2, 0.25) is 5.02 Å². The number of fused-ring (bicyclic) bond motifs is 3. The maximum Gasteiger partial charge on any atom is 0.325 e. The normalized spacial score (nSPS) is 28.8. The van der Waals surface area contributed by atoms with Crippen LogP contribution in [0.25, 0.3) is 11.1 Å². The molecule has 24 heavy (non-hydrogen) atoms. The number of hydrogen-bond acceptors (Lipinski definition) is 2. The average molecular weight is 344 g/mol. The van der Waals surface area contributed by atoms with Crippen molar-refractivity contribution >= 4 is 17.6 Å². The molecule has 2 aromatic rings. The molecule has 1 amide bonds. The van der Waals surface area contributed by atoms with Crippen molar-refractivity contribution in [3.05, 3.63) is 47.7 Å². The highest BCUT2D eigenvalue weighted by atomic mass is 35.5. The van der Waals surface area contributed by atoms with Crippen molar-refractivity contribution in [3.63, 3.8) is 0 Å². The van der Waals surface area contributed by atoms with Gasteiger partial charge >= 0.3 is 6.03 Å². The number of piperidine rings is 3. The molecule has 0 radical (unpaired) electrons. The Balaban J connectivity index is 1.49. The molecule has 1 aromatic heterocycles. The molecule has 4 heterocycles. The zero-order chi connectivity index (χ0) is 16.7. The monoisotopic (exact) mass is 343 g/mol. The summed E-state index contributed by atoms with van der Waals surface area (Å²) in [5.41, 5.74) is 2.01. The Morgan fingerprint density at radius 2 is 2.00 bits per heavy atom. The van der Waals surface area contributed by atoms with Gasteiger partial charge in [-0.3, -0.25) is 9.47 Å². The van der Waals surface area contributed by atoms with E-state index >= 15 is 0 Å². The first-order valence-corrected chi connectivity index (χ1v) is 8.98. The topological polar surface area (TPSA) is 37.3 Å². The Labute approximate surface area is 147 Å². The summed E-state index contributed by atoms with van der Waals surface area (Å²) in [5.74, 6) is 0.608. The van der Waals surface area contributed by atoms with Crippen LogP contribution in [0.15, 0.2) is 42.7 Å². The van der Waals surface area contributed by atoms with E-state index in [0.29, 0.717) is 17.0 Å². The summed E-state index contributed by atoms with van der Waals surface area (Å²) in [7, 11) is 0. The number of amides is 1. The number of aromatic nitrogens is 1. The van der Waals surface area contributed by atoms with Crippen molar-refractivity contribution < 1.29 is 4.79 Å². The van der Waals surface area contributed by atoms with Gasteiger partial charge in [0, 0.05) is 29.5 Å². The minimum absolute atomic E-state index is 0.0473. The van der Waals surface area contributed by atoms with Gasteiger partial charge in [0.1, 0.15) is 0 Å². The summed E-state index contributed by atoms with van der Waals surface area (Å²) in [5, 5.41) is 3.95. The largest absolute Gasteiger partial charge is 0.333 e. The molecule has 0 spiro atoms. The van der Waals surface area contributed by atoms with Gasteiger partial charge in [-0.15, -0.1) is 0 Å². The van der Waals surface area contributed by atoms with Crippen LogP contribution in [0, 0.1) is 5.92 Å². The van der Waals surface area contributed by atoms with Gasteiger partial charge in [0.15, 0.2) is 0 Å². The summed E-state index contributed by atoms with van der Waals surface area (Å²) >= 11 is 6.05. The van der Waals surface area contributed by atoms with Gasteiger partial charge in [-0.05, 0) is 68.1 Å². The number of carbonyl (C=O) groups is 1. The summed E-state index contributed by atoms with van der Waals surface area (Å²) in [6, 6.07) is 10.3. The van der Waals surface area contributed by atoms with Crippen molar-refractivity contribution in [3.8, 4) is 11.1 Å². The zero-order valence-corrected chi connectivity index (χ0v) is 14.5. The lowest BCUT2D eigenvalue weighted by molar-refractivity contribution is 0.0267. The predicted molar refractivity (Wildman–Crippen MR) is 96.4 cm³/mol. The minimum atomic E-state index is -0.0473.